The highest BCUT2D eigenvalue weighted by Crippen LogP contribution is 2.23. The largest absolute Gasteiger partial charge is 0.491 e. The highest BCUT2D eigenvalue weighted by Gasteiger charge is 2.17. The van der Waals surface area contributed by atoms with Gasteiger partial charge in [0.05, 0.1) is 18.2 Å². The highest BCUT2D eigenvalue weighted by molar-refractivity contribution is 7.92. The van der Waals surface area contributed by atoms with Gasteiger partial charge in [0.2, 0.25) is 0 Å². The summed E-state index contributed by atoms with van der Waals surface area (Å²) in [4.78, 5) is 19.9. The quantitative estimate of drug-likeness (QED) is 0.661. The maximum atomic E-state index is 12.5. The van der Waals surface area contributed by atoms with Gasteiger partial charge in [0, 0.05) is 11.3 Å². The molecule has 1 amide bonds. The van der Waals surface area contributed by atoms with Gasteiger partial charge < -0.3 is 10.1 Å². The van der Waals surface area contributed by atoms with Crippen molar-refractivity contribution in [1.82, 2.24) is 9.97 Å². The van der Waals surface area contributed by atoms with Gasteiger partial charge in [-0.05, 0) is 43.3 Å². The van der Waals surface area contributed by atoms with E-state index < -0.39 is 10.0 Å². The average Bonchev–Trinajstić information content (AvgIpc) is 2.69. The van der Waals surface area contributed by atoms with Crippen molar-refractivity contribution in [3.05, 3.63) is 72.2 Å². The van der Waals surface area contributed by atoms with Crippen LogP contribution in [0.5, 0.6) is 5.75 Å². The van der Waals surface area contributed by atoms with E-state index in [9.17, 15) is 13.2 Å². The first-order valence-electron chi connectivity index (χ1n) is 8.24. The van der Waals surface area contributed by atoms with E-state index in [1.165, 1.54) is 43.9 Å². The molecule has 9 heteroatoms. The van der Waals surface area contributed by atoms with E-state index in [-0.39, 0.29) is 22.4 Å². The molecule has 0 saturated carbocycles. The van der Waals surface area contributed by atoms with Crippen LogP contribution < -0.4 is 14.8 Å². The third-order valence-corrected chi connectivity index (χ3v) is 5.22. The van der Waals surface area contributed by atoms with E-state index in [1.807, 2.05) is 19.1 Å². The number of nitrogens with zero attached hydrogens (tertiary/aromatic N) is 2. The summed E-state index contributed by atoms with van der Waals surface area (Å²) in [5, 5.41) is 2.73. The summed E-state index contributed by atoms with van der Waals surface area (Å²) < 4.78 is 32.5. The van der Waals surface area contributed by atoms with Gasteiger partial charge in [0.15, 0.2) is 11.6 Å². The molecule has 2 N–H and O–H groups in total. The molecule has 2 aromatic carbocycles. The number of aryl methyl sites for hydroxylation is 1. The predicted molar refractivity (Wildman–Crippen MR) is 105 cm³/mol. The third-order valence-electron chi connectivity index (χ3n) is 3.87. The standard InChI is InChI=1S/C19H18N4O4S/c1-13-3-5-14(6-4-13)19(24)22-15-7-9-16(10-8-15)28(25,26)23-18-17(27-2)11-20-12-21-18/h3-12H,1-2H3,(H,22,24)(H,20,21,23). The number of methoxy groups -OCH3 is 1. The summed E-state index contributed by atoms with van der Waals surface area (Å²) in [6, 6.07) is 12.9. The minimum absolute atomic E-state index is 0.0153. The lowest BCUT2D eigenvalue weighted by molar-refractivity contribution is 0.102. The topological polar surface area (TPSA) is 110 Å². The average molecular weight is 398 g/mol. The first-order chi connectivity index (χ1) is 13.4. The Morgan fingerprint density at radius 2 is 1.71 bits per heavy atom. The molecule has 0 aliphatic rings. The fourth-order valence-electron chi connectivity index (χ4n) is 2.35. The molecular formula is C19H18N4O4S. The fraction of sp³-hybridized carbons (Fsp3) is 0.105. The summed E-state index contributed by atoms with van der Waals surface area (Å²) in [5.74, 6) is -0.0400. The Kier molecular flexibility index (Phi) is 5.55. The van der Waals surface area contributed by atoms with Crippen LogP contribution in [-0.2, 0) is 10.0 Å². The minimum Gasteiger partial charge on any atom is -0.491 e. The van der Waals surface area contributed by atoms with Crippen LogP contribution in [0.15, 0.2) is 66.0 Å². The number of anilines is 2. The summed E-state index contributed by atoms with van der Waals surface area (Å²) in [7, 11) is -2.49. The Morgan fingerprint density at radius 3 is 2.36 bits per heavy atom. The van der Waals surface area contributed by atoms with Crippen LogP contribution in [0.3, 0.4) is 0 Å². The van der Waals surface area contributed by atoms with Crippen LogP contribution in [0.2, 0.25) is 0 Å². The van der Waals surface area contributed by atoms with Crippen molar-refractivity contribution >= 4 is 27.4 Å². The second kappa shape index (κ2) is 8.05. The minimum atomic E-state index is -3.88. The summed E-state index contributed by atoms with van der Waals surface area (Å²) in [5.41, 5.74) is 2.04. The molecule has 28 heavy (non-hydrogen) atoms. The van der Waals surface area contributed by atoms with E-state index in [0.29, 0.717) is 11.3 Å². The monoisotopic (exact) mass is 398 g/mol. The SMILES string of the molecule is COc1cncnc1NS(=O)(=O)c1ccc(NC(=O)c2ccc(C)cc2)cc1. The summed E-state index contributed by atoms with van der Waals surface area (Å²) in [6.07, 6.45) is 2.57. The normalized spacial score (nSPS) is 10.9. The number of aromatic nitrogens is 2. The summed E-state index contributed by atoms with van der Waals surface area (Å²) >= 11 is 0. The van der Waals surface area contributed by atoms with Crippen molar-refractivity contribution in [2.24, 2.45) is 0 Å². The number of carbonyl (C=O) groups is 1. The van der Waals surface area contributed by atoms with Crippen molar-refractivity contribution in [3.63, 3.8) is 0 Å². The molecule has 3 rings (SSSR count). The van der Waals surface area contributed by atoms with Gasteiger partial charge in [-0.3, -0.25) is 9.52 Å². The van der Waals surface area contributed by atoms with E-state index in [4.69, 9.17) is 4.74 Å². The van der Waals surface area contributed by atoms with Crippen molar-refractivity contribution < 1.29 is 17.9 Å². The van der Waals surface area contributed by atoms with Gasteiger partial charge in [-0.2, -0.15) is 0 Å². The Hall–Kier alpha value is -3.46. The number of amides is 1. The molecule has 1 aromatic heterocycles. The molecule has 0 aliphatic heterocycles. The number of carbonyl (C=O) groups excluding carboxylic acids is 1. The number of ether oxygens (including phenoxy) is 1. The Morgan fingerprint density at radius 1 is 1.04 bits per heavy atom. The van der Waals surface area contributed by atoms with E-state index in [2.05, 4.69) is 20.0 Å². The number of rotatable bonds is 6. The number of nitrogens with one attached hydrogen (secondary N) is 2. The zero-order chi connectivity index (χ0) is 20.1. The Balaban J connectivity index is 1.74. The van der Waals surface area contributed by atoms with Crippen LogP contribution in [0, 0.1) is 6.92 Å². The van der Waals surface area contributed by atoms with Gasteiger partial charge in [-0.25, -0.2) is 18.4 Å². The van der Waals surface area contributed by atoms with Gasteiger partial charge in [-0.15, -0.1) is 0 Å². The van der Waals surface area contributed by atoms with E-state index in [0.717, 1.165) is 5.56 Å². The van der Waals surface area contributed by atoms with E-state index in [1.54, 1.807) is 12.1 Å². The number of hydrogen-bond acceptors (Lipinski definition) is 6. The van der Waals surface area contributed by atoms with Gasteiger partial charge in [-0.1, -0.05) is 17.7 Å². The number of benzene rings is 2. The zero-order valence-electron chi connectivity index (χ0n) is 15.2. The first-order valence-corrected chi connectivity index (χ1v) is 9.72. The maximum Gasteiger partial charge on any atom is 0.263 e. The predicted octanol–water partition coefficient (Wildman–Crippen LogP) is 2.85. The second-order valence-corrected chi connectivity index (χ2v) is 7.57. The third kappa shape index (κ3) is 4.44. The molecule has 8 nitrogen and oxygen atoms in total. The highest BCUT2D eigenvalue weighted by atomic mass is 32.2. The van der Waals surface area contributed by atoms with Gasteiger partial charge in [0.1, 0.15) is 6.33 Å². The maximum absolute atomic E-state index is 12.5. The molecular weight excluding hydrogens is 380 g/mol. The Labute approximate surface area is 162 Å². The lowest BCUT2D eigenvalue weighted by Gasteiger charge is -2.11. The van der Waals surface area contributed by atoms with Gasteiger partial charge >= 0.3 is 0 Å². The first kappa shape index (κ1) is 19.3. The zero-order valence-corrected chi connectivity index (χ0v) is 16.0. The molecule has 0 atom stereocenters. The van der Waals surface area contributed by atoms with Crippen LogP contribution >= 0.6 is 0 Å². The van der Waals surface area contributed by atoms with Crippen molar-refractivity contribution in [3.8, 4) is 5.75 Å². The molecule has 0 fully saturated rings. The number of sulfonamides is 1. The lowest BCUT2D eigenvalue weighted by atomic mass is 10.1. The van der Waals surface area contributed by atoms with Crippen LogP contribution in [0.4, 0.5) is 11.5 Å². The van der Waals surface area contributed by atoms with Crippen molar-refractivity contribution in [2.45, 2.75) is 11.8 Å². The van der Waals surface area contributed by atoms with Crippen LogP contribution in [-0.4, -0.2) is 31.4 Å². The smallest absolute Gasteiger partial charge is 0.263 e. The van der Waals surface area contributed by atoms with E-state index >= 15 is 0 Å². The summed E-state index contributed by atoms with van der Waals surface area (Å²) in [6.45, 7) is 1.94. The molecule has 0 spiro atoms. The van der Waals surface area contributed by atoms with Crippen molar-refractivity contribution in [1.29, 1.82) is 0 Å². The molecule has 3 aromatic rings. The molecule has 0 unspecified atom stereocenters. The van der Waals surface area contributed by atoms with Crippen LogP contribution in [0.25, 0.3) is 0 Å². The molecule has 0 bridgehead atoms. The Bertz CT molecular complexity index is 1080. The molecule has 0 aliphatic carbocycles. The fourth-order valence-corrected chi connectivity index (χ4v) is 3.37. The lowest BCUT2D eigenvalue weighted by Crippen LogP contribution is -2.15. The molecule has 0 saturated heterocycles. The number of hydrogen-bond donors (Lipinski definition) is 2. The van der Waals surface area contributed by atoms with Gasteiger partial charge in [0.25, 0.3) is 15.9 Å². The van der Waals surface area contributed by atoms with Crippen molar-refractivity contribution in [2.75, 3.05) is 17.1 Å². The molecule has 0 radical (unpaired) electrons. The second-order valence-electron chi connectivity index (χ2n) is 5.89. The molecule has 1 heterocycles. The molecule has 144 valence electrons. The van der Waals surface area contributed by atoms with Crippen LogP contribution in [0.1, 0.15) is 15.9 Å².